The minimum Gasteiger partial charge on any atom is -0.462 e. The molecule has 5 heteroatoms. The van der Waals surface area contributed by atoms with E-state index in [1.165, 1.54) is 6.08 Å². The molecular formula is C14H11Br2NO2. The molecule has 98 valence electrons. The zero-order chi connectivity index (χ0) is 13.8. The van der Waals surface area contributed by atoms with Gasteiger partial charge in [0.1, 0.15) is 11.5 Å². The number of carbonyl (C=O) groups excluding carboxylic acids is 1. The van der Waals surface area contributed by atoms with E-state index < -0.39 is 0 Å². The van der Waals surface area contributed by atoms with Gasteiger partial charge in [0.15, 0.2) is 0 Å². The minimum absolute atomic E-state index is 0.211. The second-order valence-corrected chi connectivity index (χ2v) is 5.67. The van der Waals surface area contributed by atoms with Gasteiger partial charge in [-0.1, -0.05) is 15.9 Å². The van der Waals surface area contributed by atoms with Crippen LogP contribution in [-0.2, 0) is 4.79 Å². The van der Waals surface area contributed by atoms with Crippen LogP contribution in [0, 0.1) is 6.92 Å². The van der Waals surface area contributed by atoms with Crippen LogP contribution in [0.3, 0.4) is 0 Å². The van der Waals surface area contributed by atoms with Gasteiger partial charge in [-0.15, -0.1) is 0 Å². The Morgan fingerprint density at radius 1 is 1.26 bits per heavy atom. The second kappa shape index (κ2) is 6.21. The van der Waals surface area contributed by atoms with Gasteiger partial charge >= 0.3 is 0 Å². The van der Waals surface area contributed by atoms with Crippen LogP contribution in [0.5, 0.6) is 0 Å². The molecule has 0 bridgehead atoms. The van der Waals surface area contributed by atoms with Crippen LogP contribution in [0.1, 0.15) is 11.5 Å². The number of furan rings is 1. The highest BCUT2D eigenvalue weighted by atomic mass is 79.9. The molecule has 0 saturated heterocycles. The Labute approximate surface area is 127 Å². The standard InChI is InChI=1S/C14H11Br2NO2/c1-9-2-4-11(19-9)5-7-14(18)17-13-6-3-10(15)8-12(13)16/h2-8H,1H3,(H,17,18). The number of anilines is 1. The summed E-state index contributed by atoms with van der Waals surface area (Å²) in [6.45, 7) is 1.86. The number of amides is 1. The molecule has 1 aromatic carbocycles. The molecule has 19 heavy (non-hydrogen) atoms. The average Bonchev–Trinajstić information content (AvgIpc) is 2.76. The Kier molecular flexibility index (Phi) is 4.61. The molecule has 0 aliphatic carbocycles. The number of benzene rings is 1. The molecule has 0 atom stereocenters. The van der Waals surface area contributed by atoms with Gasteiger partial charge < -0.3 is 9.73 Å². The quantitative estimate of drug-likeness (QED) is 0.774. The average molecular weight is 385 g/mol. The first-order valence-electron chi connectivity index (χ1n) is 5.55. The van der Waals surface area contributed by atoms with Crippen LogP contribution in [0.25, 0.3) is 6.08 Å². The first kappa shape index (κ1) is 14.1. The minimum atomic E-state index is -0.211. The van der Waals surface area contributed by atoms with E-state index in [1.54, 1.807) is 6.08 Å². The van der Waals surface area contributed by atoms with E-state index in [4.69, 9.17) is 4.42 Å². The Balaban J connectivity index is 2.03. The first-order chi connectivity index (χ1) is 9.04. The number of rotatable bonds is 3. The number of nitrogens with one attached hydrogen (secondary N) is 1. The van der Waals surface area contributed by atoms with E-state index in [2.05, 4.69) is 37.2 Å². The van der Waals surface area contributed by atoms with Crippen molar-refractivity contribution in [3.8, 4) is 0 Å². The Bertz CT molecular complexity index is 632. The van der Waals surface area contributed by atoms with Crippen molar-refractivity contribution in [1.82, 2.24) is 0 Å². The summed E-state index contributed by atoms with van der Waals surface area (Å²) in [5.74, 6) is 1.26. The van der Waals surface area contributed by atoms with Gasteiger partial charge in [0, 0.05) is 15.0 Å². The predicted octanol–water partition coefficient (Wildman–Crippen LogP) is 4.76. The van der Waals surface area contributed by atoms with Crippen LogP contribution >= 0.6 is 31.9 Å². The molecule has 2 aromatic rings. The summed E-state index contributed by atoms with van der Waals surface area (Å²) in [6, 6.07) is 9.21. The van der Waals surface area contributed by atoms with Crippen molar-refractivity contribution in [3.05, 3.63) is 56.9 Å². The summed E-state index contributed by atoms with van der Waals surface area (Å²) in [6.07, 6.45) is 3.07. The third-order valence-corrected chi connectivity index (χ3v) is 3.50. The molecule has 1 N–H and O–H groups in total. The summed E-state index contributed by atoms with van der Waals surface area (Å²) in [7, 11) is 0. The van der Waals surface area contributed by atoms with Gasteiger partial charge in [-0.2, -0.15) is 0 Å². The van der Waals surface area contributed by atoms with Crippen molar-refractivity contribution in [2.24, 2.45) is 0 Å². The first-order valence-corrected chi connectivity index (χ1v) is 7.14. The number of hydrogen-bond acceptors (Lipinski definition) is 2. The maximum absolute atomic E-state index is 11.8. The summed E-state index contributed by atoms with van der Waals surface area (Å²) in [4.78, 5) is 11.8. The molecule has 1 heterocycles. The maximum Gasteiger partial charge on any atom is 0.248 e. The van der Waals surface area contributed by atoms with Crippen LogP contribution < -0.4 is 5.32 Å². The van der Waals surface area contributed by atoms with E-state index in [9.17, 15) is 4.79 Å². The molecule has 0 aliphatic rings. The van der Waals surface area contributed by atoms with Gasteiger partial charge in [-0.25, -0.2) is 0 Å². The lowest BCUT2D eigenvalue weighted by molar-refractivity contribution is -0.111. The van der Waals surface area contributed by atoms with Crippen molar-refractivity contribution in [2.45, 2.75) is 6.92 Å². The SMILES string of the molecule is Cc1ccc(C=CC(=O)Nc2ccc(Br)cc2Br)o1. The molecule has 0 fully saturated rings. The normalized spacial score (nSPS) is 10.9. The van der Waals surface area contributed by atoms with Crippen LogP contribution in [0.15, 0.2) is 49.8 Å². The highest BCUT2D eigenvalue weighted by molar-refractivity contribution is 9.11. The molecule has 0 unspecified atom stereocenters. The summed E-state index contributed by atoms with van der Waals surface area (Å²) < 4.78 is 7.10. The Hall–Kier alpha value is -1.33. The molecule has 0 radical (unpaired) electrons. The molecule has 3 nitrogen and oxygen atoms in total. The zero-order valence-corrected chi connectivity index (χ0v) is 13.3. The highest BCUT2D eigenvalue weighted by Crippen LogP contribution is 2.26. The van der Waals surface area contributed by atoms with Crippen LogP contribution in [-0.4, -0.2) is 5.91 Å². The summed E-state index contributed by atoms with van der Waals surface area (Å²) in [5.41, 5.74) is 0.716. The smallest absolute Gasteiger partial charge is 0.248 e. The number of hydrogen-bond donors (Lipinski definition) is 1. The summed E-state index contributed by atoms with van der Waals surface area (Å²) >= 11 is 6.74. The third kappa shape index (κ3) is 4.08. The summed E-state index contributed by atoms with van der Waals surface area (Å²) in [5, 5.41) is 2.78. The fourth-order valence-corrected chi connectivity index (χ4v) is 2.61. The van der Waals surface area contributed by atoms with Crippen molar-refractivity contribution in [1.29, 1.82) is 0 Å². The van der Waals surface area contributed by atoms with Crippen molar-refractivity contribution < 1.29 is 9.21 Å². The van der Waals surface area contributed by atoms with Gasteiger partial charge in [0.05, 0.1) is 5.69 Å². The van der Waals surface area contributed by atoms with Crippen LogP contribution in [0.2, 0.25) is 0 Å². The second-order valence-electron chi connectivity index (χ2n) is 3.90. The van der Waals surface area contributed by atoms with Crippen molar-refractivity contribution in [2.75, 3.05) is 5.32 Å². The third-order valence-electron chi connectivity index (χ3n) is 2.35. The molecule has 1 aromatic heterocycles. The Morgan fingerprint density at radius 3 is 2.68 bits per heavy atom. The fourth-order valence-electron chi connectivity index (χ4n) is 1.47. The monoisotopic (exact) mass is 383 g/mol. The van der Waals surface area contributed by atoms with Gasteiger partial charge in [0.25, 0.3) is 0 Å². The lowest BCUT2D eigenvalue weighted by Crippen LogP contribution is -2.08. The lowest BCUT2D eigenvalue weighted by Gasteiger charge is -2.05. The van der Waals surface area contributed by atoms with Gasteiger partial charge in [-0.05, 0) is 59.3 Å². The maximum atomic E-state index is 11.8. The predicted molar refractivity (Wildman–Crippen MR) is 83.0 cm³/mol. The van der Waals surface area contributed by atoms with E-state index in [-0.39, 0.29) is 5.91 Å². The van der Waals surface area contributed by atoms with Crippen molar-refractivity contribution in [3.63, 3.8) is 0 Å². The van der Waals surface area contributed by atoms with E-state index in [0.29, 0.717) is 11.4 Å². The molecule has 0 spiro atoms. The largest absolute Gasteiger partial charge is 0.462 e. The van der Waals surface area contributed by atoms with E-state index in [1.807, 2.05) is 37.3 Å². The molecule has 0 aliphatic heterocycles. The van der Waals surface area contributed by atoms with E-state index in [0.717, 1.165) is 14.7 Å². The van der Waals surface area contributed by atoms with Gasteiger partial charge in [-0.3, -0.25) is 4.79 Å². The molecule has 1 amide bonds. The van der Waals surface area contributed by atoms with Crippen molar-refractivity contribution >= 4 is 49.5 Å². The van der Waals surface area contributed by atoms with E-state index >= 15 is 0 Å². The Morgan fingerprint density at radius 2 is 2.05 bits per heavy atom. The molecular weight excluding hydrogens is 374 g/mol. The number of aryl methyl sites for hydroxylation is 1. The lowest BCUT2D eigenvalue weighted by atomic mass is 10.3. The van der Waals surface area contributed by atoms with Gasteiger partial charge in [0.2, 0.25) is 5.91 Å². The number of halogens is 2. The fraction of sp³-hybridized carbons (Fsp3) is 0.0714. The highest BCUT2D eigenvalue weighted by Gasteiger charge is 2.03. The number of carbonyl (C=O) groups is 1. The van der Waals surface area contributed by atoms with Crippen LogP contribution in [0.4, 0.5) is 5.69 Å². The molecule has 2 rings (SSSR count). The topological polar surface area (TPSA) is 42.2 Å². The molecule has 0 saturated carbocycles. The zero-order valence-electron chi connectivity index (χ0n) is 10.1.